The molecule has 1 aromatic carbocycles. The van der Waals surface area contributed by atoms with Gasteiger partial charge >= 0.3 is 0 Å². The van der Waals surface area contributed by atoms with Crippen molar-refractivity contribution in [3.63, 3.8) is 0 Å². The molecule has 0 bridgehead atoms. The Kier molecular flexibility index (Phi) is 3.90. The van der Waals surface area contributed by atoms with E-state index in [0.717, 1.165) is 15.6 Å². The molecule has 1 amide bonds. The van der Waals surface area contributed by atoms with Crippen LogP contribution in [0.5, 0.6) is 0 Å². The minimum Gasteiger partial charge on any atom is -0.347 e. The predicted octanol–water partition coefficient (Wildman–Crippen LogP) is 2.76. The van der Waals surface area contributed by atoms with E-state index >= 15 is 0 Å². The lowest BCUT2D eigenvalue weighted by atomic mass is 10.0. The number of carbonyl (C=O) groups is 2. The first-order valence-corrected chi connectivity index (χ1v) is 9.01. The fourth-order valence-corrected chi connectivity index (χ4v) is 4.61. The molecule has 1 spiro atoms. The molecule has 2 aliphatic heterocycles. The van der Waals surface area contributed by atoms with Gasteiger partial charge in [-0.15, -0.1) is 11.3 Å². The van der Waals surface area contributed by atoms with Crippen molar-refractivity contribution in [2.45, 2.75) is 25.6 Å². The van der Waals surface area contributed by atoms with Crippen molar-refractivity contribution in [3.05, 3.63) is 34.7 Å². The summed E-state index contributed by atoms with van der Waals surface area (Å²) in [6, 6.07) is 7.86. The molecule has 0 unspecified atom stereocenters. The number of hydrogen-bond acceptors (Lipinski definition) is 5. The number of benzene rings is 1. The number of rotatable bonds is 2. The lowest BCUT2D eigenvalue weighted by Crippen LogP contribution is -2.49. The zero-order chi connectivity index (χ0) is 16.7. The van der Waals surface area contributed by atoms with E-state index in [0.29, 0.717) is 44.0 Å². The van der Waals surface area contributed by atoms with E-state index in [1.165, 1.54) is 11.3 Å². The summed E-state index contributed by atoms with van der Waals surface area (Å²) < 4.78 is 12.4. The number of ketones is 1. The van der Waals surface area contributed by atoms with Crippen molar-refractivity contribution < 1.29 is 19.1 Å². The maximum atomic E-state index is 12.7. The Labute approximate surface area is 144 Å². The van der Waals surface area contributed by atoms with Gasteiger partial charge in [0.15, 0.2) is 5.79 Å². The monoisotopic (exact) mass is 345 g/mol. The molecule has 3 heterocycles. The number of hydrogen-bond donors (Lipinski definition) is 0. The highest BCUT2D eigenvalue weighted by Gasteiger charge is 2.41. The lowest BCUT2D eigenvalue weighted by Gasteiger charge is -2.37. The molecule has 4 rings (SSSR count). The van der Waals surface area contributed by atoms with Gasteiger partial charge < -0.3 is 14.4 Å². The van der Waals surface area contributed by atoms with E-state index < -0.39 is 17.5 Å². The fraction of sp³-hybridized carbons (Fsp3) is 0.444. The highest BCUT2D eigenvalue weighted by molar-refractivity contribution is 7.21. The number of ether oxygens (including phenoxy) is 2. The van der Waals surface area contributed by atoms with Gasteiger partial charge in [0, 0.05) is 30.6 Å². The van der Waals surface area contributed by atoms with Gasteiger partial charge in [0.2, 0.25) is 0 Å². The van der Waals surface area contributed by atoms with Crippen LogP contribution >= 0.6 is 11.3 Å². The molecule has 24 heavy (non-hydrogen) atoms. The van der Waals surface area contributed by atoms with Crippen molar-refractivity contribution >= 4 is 33.1 Å². The van der Waals surface area contributed by atoms with Crippen LogP contribution in [-0.2, 0) is 14.3 Å². The molecule has 6 heteroatoms. The Hall–Kier alpha value is -1.76. The summed E-state index contributed by atoms with van der Waals surface area (Å²) in [7, 11) is 0. The van der Waals surface area contributed by atoms with E-state index in [9.17, 15) is 9.59 Å². The summed E-state index contributed by atoms with van der Waals surface area (Å²) >= 11 is 1.40. The predicted molar refractivity (Wildman–Crippen MR) is 91.3 cm³/mol. The van der Waals surface area contributed by atoms with Crippen LogP contribution in [0.4, 0.5) is 0 Å². The normalized spacial score (nSPS) is 20.0. The van der Waals surface area contributed by atoms with Gasteiger partial charge in [-0.2, -0.15) is 0 Å². The van der Waals surface area contributed by atoms with Crippen molar-refractivity contribution in [3.8, 4) is 0 Å². The zero-order valence-electron chi connectivity index (χ0n) is 13.5. The Morgan fingerprint density at radius 2 is 1.79 bits per heavy atom. The Balaban J connectivity index is 1.52. The molecule has 2 fully saturated rings. The molecule has 0 aliphatic carbocycles. The minimum absolute atomic E-state index is 0.405. The Bertz CT molecular complexity index is 796. The smallest absolute Gasteiger partial charge is 0.295 e. The maximum absolute atomic E-state index is 12.7. The van der Waals surface area contributed by atoms with E-state index in [1.54, 1.807) is 4.90 Å². The Morgan fingerprint density at radius 3 is 2.46 bits per heavy atom. The molecular weight excluding hydrogens is 326 g/mol. The van der Waals surface area contributed by atoms with Gasteiger partial charge in [-0.25, -0.2) is 0 Å². The Morgan fingerprint density at radius 1 is 1.12 bits per heavy atom. The van der Waals surface area contributed by atoms with Crippen LogP contribution in [0.15, 0.2) is 24.3 Å². The average Bonchev–Trinajstić information content (AvgIpc) is 3.20. The van der Waals surface area contributed by atoms with Crippen molar-refractivity contribution in [2.75, 3.05) is 26.3 Å². The topological polar surface area (TPSA) is 55.8 Å². The second-order valence-electron chi connectivity index (χ2n) is 6.28. The zero-order valence-corrected chi connectivity index (χ0v) is 14.4. The first-order chi connectivity index (χ1) is 11.6. The van der Waals surface area contributed by atoms with Crippen LogP contribution in [0.2, 0.25) is 0 Å². The number of nitrogens with zero attached hydrogens (tertiary/aromatic N) is 1. The van der Waals surface area contributed by atoms with Crippen molar-refractivity contribution in [1.29, 1.82) is 0 Å². The number of piperidine rings is 1. The second-order valence-corrected chi connectivity index (χ2v) is 7.33. The van der Waals surface area contributed by atoms with E-state index in [1.807, 2.05) is 31.2 Å². The molecule has 1 aromatic heterocycles. The van der Waals surface area contributed by atoms with E-state index in [2.05, 4.69) is 0 Å². The van der Waals surface area contributed by atoms with Crippen LogP contribution in [-0.4, -0.2) is 48.7 Å². The molecule has 126 valence electrons. The molecule has 5 nitrogen and oxygen atoms in total. The van der Waals surface area contributed by atoms with Gasteiger partial charge in [-0.3, -0.25) is 9.59 Å². The molecular formula is C18H19NO4S. The SMILES string of the molecule is Cc1c(C(=O)C(=O)N2CCC3(CC2)OCCO3)sc2ccccc12. The number of Topliss-reactive ketones (excluding diaryl/α,β-unsaturated/α-hetero) is 1. The summed E-state index contributed by atoms with van der Waals surface area (Å²) in [4.78, 5) is 27.5. The third-order valence-corrected chi connectivity index (χ3v) is 6.14. The number of thiophene rings is 1. The second kappa shape index (κ2) is 5.95. The standard InChI is InChI=1S/C18H19NO4S/c1-12-13-4-2-3-5-14(13)24-16(12)15(20)17(21)19-8-6-18(7-9-19)22-10-11-23-18/h2-5H,6-11H2,1H3. The lowest BCUT2D eigenvalue weighted by molar-refractivity contribution is -0.186. The fourth-order valence-electron chi connectivity index (χ4n) is 3.47. The number of aryl methyl sites for hydroxylation is 1. The summed E-state index contributed by atoms with van der Waals surface area (Å²) in [5.74, 6) is -1.36. The van der Waals surface area contributed by atoms with Gasteiger partial charge in [0.25, 0.3) is 11.7 Å². The van der Waals surface area contributed by atoms with E-state index in [-0.39, 0.29) is 0 Å². The summed E-state index contributed by atoms with van der Waals surface area (Å²) in [6.07, 6.45) is 1.24. The molecule has 2 aliphatic rings. The highest BCUT2D eigenvalue weighted by atomic mass is 32.1. The number of amides is 1. The molecule has 0 atom stereocenters. The quantitative estimate of drug-likeness (QED) is 0.620. The third-order valence-electron chi connectivity index (χ3n) is 4.87. The highest BCUT2D eigenvalue weighted by Crippen LogP contribution is 2.33. The first-order valence-electron chi connectivity index (χ1n) is 8.19. The molecule has 2 aromatic rings. The van der Waals surface area contributed by atoms with Gasteiger partial charge in [0.05, 0.1) is 18.1 Å². The van der Waals surface area contributed by atoms with Crippen LogP contribution in [0, 0.1) is 6.92 Å². The van der Waals surface area contributed by atoms with Crippen LogP contribution in [0.1, 0.15) is 28.1 Å². The first kappa shape index (κ1) is 15.7. The maximum Gasteiger partial charge on any atom is 0.295 e. The molecule has 0 saturated carbocycles. The van der Waals surface area contributed by atoms with Gasteiger partial charge in [-0.1, -0.05) is 18.2 Å². The number of fused-ring (bicyclic) bond motifs is 1. The van der Waals surface area contributed by atoms with Crippen LogP contribution < -0.4 is 0 Å². The van der Waals surface area contributed by atoms with Crippen LogP contribution in [0.25, 0.3) is 10.1 Å². The van der Waals surface area contributed by atoms with Crippen molar-refractivity contribution in [2.24, 2.45) is 0 Å². The minimum atomic E-state index is -0.534. The third kappa shape index (κ3) is 2.55. The summed E-state index contributed by atoms with van der Waals surface area (Å²) in [5.41, 5.74) is 0.893. The van der Waals surface area contributed by atoms with Crippen molar-refractivity contribution in [1.82, 2.24) is 4.90 Å². The average molecular weight is 345 g/mol. The van der Waals surface area contributed by atoms with Gasteiger partial charge in [0.1, 0.15) is 0 Å². The molecule has 0 radical (unpaired) electrons. The number of carbonyl (C=O) groups excluding carboxylic acids is 2. The molecule has 2 saturated heterocycles. The van der Waals surface area contributed by atoms with Gasteiger partial charge in [-0.05, 0) is 23.9 Å². The van der Waals surface area contributed by atoms with E-state index in [4.69, 9.17) is 9.47 Å². The van der Waals surface area contributed by atoms with Crippen LogP contribution in [0.3, 0.4) is 0 Å². The summed E-state index contributed by atoms with van der Waals surface area (Å²) in [6.45, 7) is 4.11. The summed E-state index contributed by atoms with van der Waals surface area (Å²) in [5, 5.41) is 1.05. The molecule has 0 N–H and O–H groups in total. The number of likely N-dealkylation sites (tertiary alicyclic amines) is 1. The largest absolute Gasteiger partial charge is 0.347 e.